The van der Waals surface area contributed by atoms with Crippen LogP contribution in [0.25, 0.3) is 0 Å². The summed E-state index contributed by atoms with van der Waals surface area (Å²) in [5.74, 6) is 0.941. The molecule has 1 heterocycles. The number of hydrogen-bond acceptors (Lipinski definition) is 3. The van der Waals surface area contributed by atoms with Crippen LogP contribution in [0.1, 0.15) is 33.6 Å². The molecule has 2 aliphatic rings. The van der Waals surface area contributed by atoms with Crippen LogP contribution in [0.2, 0.25) is 0 Å². The molecule has 0 aromatic heterocycles. The molecule has 0 bridgehead atoms. The maximum absolute atomic E-state index is 5.40. The molecule has 0 spiro atoms. The summed E-state index contributed by atoms with van der Waals surface area (Å²) in [5.41, 5.74) is 0.262. The van der Waals surface area contributed by atoms with Crippen LogP contribution in [0.15, 0.2) is 0 Å². The molecule has 2 fully saturated rings. The van der Waals surface area contributed by atoms with Crippen molar-refractivity contribution in [3.05, 3.63) is 0 Å². The minimum Gasteiger partial charge on any atom is -0.380 e. The van der Waals surface area contributed by atoms with E-state index in [4.69, 9.17) is 4.74 Å². The van der Waals surface area contributed by atoms with Gasteiger partial charge in [0, 0.05) is 38.3 Å². The third-order valence-corrected chi connectivity index (χ3v) is 4.14. The van der Waals surface area contributed by atoms with Gasteiger partial charge < -0.3 is 10.1 Å². The molecule has 0 amide bonds. The van der Waals surface area contributed by atoms with E-state index in [0.717, 1.165) is 25.0 Å². The van der Waals surface area contributed by atoms with Gasteiger partial charge in [0.25, 0.3) is 0 Å². The Morgan fingerprint density at radius 1 is 1.44 bits per heavy atom. The maximum Gasteiger partial charge on any atom is 0.0670 e. The highest BCUT2D eigenvalue weighted by atomic mass is 16.5. The Labute approximate surface area is 99.5 Å². The lowest BCUT2D eigenvalue weighted by Crippen LogP contribution is -2.63. The number of nitrogens with zero attached hydrogens (tertiary/aromatic N) is 1. The Morgan fingerprint density at radius 2 is 2.12 bits per heavy atom. The Morgan fingerprint density at radius 3 is 2.69 bits per heavy atom. The molecule has 0 aromatic rings. The predicted molar refractivity (Wildman–Crippen MR) is 66.6 cm³/mol. The molecule has 2 unspecified atom stereocenters. The Hall–Kier alpha value is -0.120. The van der Waals surface area contributed by atoms with Crippen LogP contribution in [0.5, 0.6) is 0 Å². The molecule has 1 saturated heterocycles. The second-order valence-corrected chi connectivity index (χ2v) is 6.09. The molecule has 1 aliphatic heterocycles. The monoisotopic (exact) mass is 226 g/mol. The fourth-order valence-electron chi connectivity index (χ4n) is 2.56. The molecule has 1 saturated carbocycles. The van der Waals surface area contributed by atoms with Crippen molar-refractivity contribution in [2.24, 2.45) is 5.92 Å². The smallest absolute Gasteiger partial charge is 0.0670 e. The predicted octanol–water partition coefficient (Wildman–Crippen LogP) is 1.48. The zero-order chi connectivity index (χ0) is 11.8. The van der Waals surface area contributed by atoms with E-state index >= 15 is 0 Å². The first-order valence-corrected chi connectivity index (χ1v) is 6.54. The number of piperazine rings is 1. The van der Waals surface area contributed by atoms with Gasteiger partial charge in [-0.3, -0.25) is 4.90 Å². The van der Waals surface area contributed by atoms with Crippen molar-refractivity contribution in [3.63, 3.8) is 0 Å². The molecule has 0 radical (unpaired) electrons. The van der Waals surface area contributed by atoms with Crippen molar-refractivity contribution >= 4 is 0 Å². The summed E-state index contributed by atoms with van der Waals surface area (Å²) in [6.07, 6.45) is 3.18. The van der Waals surface area contributed by atoms with Crippen molar-refractivity contribution in [3.8, 4) is 0 Å². The van der Waals surface area contributed by atoms with Gasteiger partial charge in [0.05, 0.1) is 6.10 Å². The second-order valence-electron chi connectivity index (χ2n) is 6.09. The largest absolute Gasteiger partial charge is 0.380 e. The van der Waals surface area contributed by atoms with Crippen molar-refractivity contribution in [1.82, 2.24) is 10.2 Å². The summed E-state index contributed by atoms with van der Waals surface area (Å²) < 4.78 is 5.40. The molecule has 0 aromatic carbocycles. The van der Waals surface area contributed by atoms with Gasteiger partial charge >= 0.3 is 0 Å². The first-order chi connectivity index (χ1) is 7.53. The summed E-state index contributed by atoms with van der Waals surface area (Å²) in [6.45, 7) is 10.1. The summed E-state index contributed by atoms with van der Waals surface area (Å²) in [7, 11) is 1.80. The Balaban J connectivity index is 1.93. The highest BCUT2D eigenvalue weighted by Gasteiger charge is 2.40. The zero-order valence-electron chi connectivity index (χ0n) is 11.1. The highest BCUT2D eigenvalue weighted by molar-refractivity contribution is 4.98. The van der Waals surface area contributed by atoms with Gasteiger partial charge in [-0.05, 0) is 39.5 Å². The lowest BCUT2D eigenvalue weighted by Gasteiger charge is -2.47. The average molecular weight is 226 g/mol. The molecular weight excluding hydrogens is 200 g/mol. The molecule has 2 rings (SSSR count). The third-order valence-electron chi connectivity index (χ3n) is 4.14. The standard InChI is InChI=1S/C13H26N2O/c1-10(16-4)7-15-8-12(11-5-6-11)14-9-13(15,2)3/h10-12,14H,5-9H2,1-4H3. The summed E-state index contributed by atoms with van der Waals surface area (Å²) in [6, 6.07) is 0.720. The first-order valence-electron chi connectivity index (χ1n) is 6.54. The minimum absolute atomic E-state index is 0.262. The lowest BCUT2D eigenvalue weighted by atomic mass is 9.95. The SMILES string of the molecule is COC(C)CN1CC(C2CC2)NCC1(C)C. The van der Waals surface area contributed by atoms with Gasteiger partial charge in [0.1, 0.15) is 0 Å². The van der Waals surface area contributed by atoms with Crippen LogP contribution in [0, 0.1) is 5.92 Å². The highest BCUT2D eigenvalue weighted by Crippen LogP contribution is 2.35. The number of ether oxygens (including phenoxy) is 1. The maximum atomic E-state index is 5.40. The fraction of sp³-hybridized carbons (Fsp3) is 1.00. The van der Waals surface area contributed by atoms with Gasteiger partial charge in [-0.15, -0.1) is 0 Å². The summed E-state index contributed by atoms with van der Waals surface area (Å²) in [5, 5.41) is 3.71. The van der Waals surface area contributed by atoms with Crippen LogP contribution in [0.4, 0.5) is 0 Å². The second kappa shape index (κ2) is 4.63. The van der Waals surface area contributed by atoms with Crippen molar-refractivity contribution < 1.29 is 4.74 Å². The minimum atomic E-state index is 0.262. The topological polar surface area (TPSA) is 24.5 Å². The quantitative estimate of drug-likeness (QED) is 0.786. The molecule has 1 aliphatic carbocycles. The van der Waals surface area contributed by atoms with Crippen LogP contribution < -0.4 is 5.32 Å². The van der Waals surface area contributed by atoms with Crippen LogP contribution in [-0.2, 0) is 4.74 Å². The van der Waals surface area contributed by atoms with E-state index in [1.807, 2.05) is 0 Å². The number of rotatable bonds is 4. The van der Waals surface area contributed by atoms with E-state index in [1.165, 1.54) is 19.4 Å². The van der Waals surface area contributed by atoms with E-state index in [9.17, 15) is 0 Å². The van der Waals surface area contributed by atoms with Gasteiger partial charge in [-0.25, -0.2) is 0 Å². The van der Waals surface area contributed by atoms with Gasteiger partial charge in [-0.2, -0.15) is 0 Å². The number of methoxy groups -OCH3 is 1. The fourth-order valence-corrected chi connectivity index (χ4v) is 2.56. The molecule has 3 heteroatoms. The van der Waals surface area contributed by atoms with Crippen molar-refractivity contribution in [2.75, 3.05) is 26.7 Å². The van der Waals surface area contributed by atoms with E-state index < -0.39 is 0 Å². The molecule has 2 atom stereocenters. The average Bonchev–Trinajstić information content (AvgIpc) is 3.04. The number of hydrogen-bond donors (Lipinski definition) is 1. The Bertz CT molecular complexity index is 238. The lowest BCUT2D eigenvalue weighted by molar-refractivity contribution is 0.00595. The molecular formula is C13H26N2O. The van der Waals surface area contributed by atoms with Gasteiger partial charge in [0.15, 0.2) is 0 Å². The molecule has 3 nitrogen and oxygen atoms in total. The summed E-state index contributed by atoms with van der Waals surface area (Å²) >= 11 is 0. The van der Waals surface area contributed by atoms with Crippen LogP contribution >= 0.6 is 0 Å². The van der Waals surface area contributed by atoms with E-state index in [-0.39, 0.29) is 5.54 Å². The van der Waals surface area contributed by atoms with E-state index in [1.54, 1.807) is 7.11 Å². The molecule has 1 N–H and O–H groups in total. The summed E-state index contributed by atoms with van der Waals surface area (Å²) in [4.78, 5) is 2.60. The molecule has 16 heavy (non-hydrogen) atoms. The van der Waals surface area contributed by atoms with E-state index in [0.29, 0.717) is 6.10 Å². The first kappa shape index (κ1) is 12.3. The zero-order valence-corrected chi connectivity index (χ0v) is 11.1. The molecule has 94 valence electrons. The third kappa shape index (κ3) is 2.76. The normalized spacial score (nSPS) is 32.6. The van der Waals surface area contributed by atoms with Gasteiger partial charge in [0.2, 0.25) is 0 Å². The van der Waals surface area contributed by atoms with E-state index in [2.05, 4.69) is 31.0 Å². The van der Waals surface area contributed by atoms with Gasteiger partial charge in [-0.1, -0.05) is 0 Å². The van der Waals surface area contributed by atoms with Crippen LogP contribution in [-0.4, -0.2) is 49.3 Å². The van der Waals surface area contributed by atoms with Crippen LogP contribution in [0.3, 0.4) is 0 Å². The Kier molecular flexibility index (Phi) is 3.57. The number of nitrogens with one attached hydrogen (secondary N) is 1. The van der Waals surface area contributed by atoms with Crippen molar-refractivity contribution in [1.29, 1.82) is 0 Å². The van der Waals surface area contributed by atoms with Crippen molar-refractivity contribution in [2.45, 2.75) is 51.3 Å².